The van der Waals surface area contributed by atoms with E-state index in [1.165, 1.54) is 0 Å². The average molecular weight is 260 g/mol. The van der Waals surface area contributed by atoms with Crippen LogP contribution in [0.25, 0.3) is 11.5 Å². The first-order chi connectivity index (χ1) is 9.06. The lowest BCUT2D eigenvalue weighted by Gasteiger charge is -2.14. The van der Waals surface area contributed by atoms with E-state index in [-0.39, 0.29) is 0 Å². The van der Waals surface area contributed by atoms with E-state index in [0.29, 0.717) is 17.5 Å². The summed E-state index contributed by atoms with van der Waals surface area (Å²) in [5, 5.41) is 4.02. The van der Waals surface area contributed by atoms with E-state index in [4.69, 9.17) is 10.3 Å². The molecule has 0 fully saturated rings. The van der Waals surface area contributed by atoms with Gasteiger partial charge in [-0.2, -0.15) is 4.98 Å². The largest absolute Gasteiger partial charge is 0.398 e. The number of nitrogens with zero attached hydrogens (tertiary/aromatic N) is 3. The molecule has 0 spiro atoms. The SMILES string of the molecule is CCN(CC)c1noc(-c2cc(C)cc(C)c2N)n1. The Kier molecular flexibility index (Phi) is 3.74. The highest BCUT2D eigenvalue weighted by Gasteiger charge is 2.16. The second kappa shape index (κ2) is 5.30. The lowest BCUT2D eigenvalue weighted by molar-refractivity contribution is 0.429. The predicted molar refractivity (Wildman–Crippen MR) is 77.2 cm³/mol. The van der Waals surface area contributed by atoms with Gasteiger partial charge >= 0.3 is 0 Å². The van der Waals surface area contributed by atoms with Gasteiger partial charge in [0.05, 0.1) is 5.56 Å². The Morgan fingerprint density at radius 1 is 1.21 bits per heavy atom. The molecule has 0 unspecified atom stereocenters. The Hall–Kier alpha value is -2.04. The van der Waals surface area contributed by atoms with Crippen molar-refractivity contribution in [1.82, 2.24) is 10.1 Å². The predicted octanol–water partition coefficient (Wildman–Crippen LogP) is 2.78. The topological polar surface area (TPSA) is 68.2 Å². The lowest BCUT2D eigenvalue weighted by atomic mass is 10.0. The molecule has 0 saturated heterocycles. The van der Waals surface area contributed by atoms with E-state index in [2.05, 4.69) is 24.0 Å². The Bertz CT molecular complexity index is 573. The molecule has 2 aromatic rings. The fourth-order valence-electron chi connectivity index (χ4n) is 2.12. The van der Waals surface area contributed by atoms with Crippen LogP contribution in [-0.2, 0) is 0 Å². The Balaban J connectivity index is 2.43. The fraction of sp³-hybridized carbons (Fsp3) is 0.429. The summed E-state index contributed by atoms with van der Waals surface area (Å²) in [6, 6.07) is 4.02. The summed E-state index contributed by atoms with van der Waals surface area (Å²) in [6.45, 7) is 9.82. The van der Waals surface area contributed by atoms with E-state index in [0.717, 1.165) is 29.8 Å². The number of nitrogen functional groups attached to an aromatic ring is 1. The van der Waals surface area contributed by atoms with Gasteiger partial charge in [-0.05, 0) is 50.0 Å². The van der Waals surface area contributed by atoms with Crippen molar-refractivity contribution in [3.8, 4) is 11.5 Å². The first kappa shape index (κ1) is 13.4. The van der Waals surface area contributed by atoms with Crippen LogP contribution in [0, 0.1) is 13.8 Å². The first-order valence-corrected chi connectivity index (χ1v) is 6.52. The number of hydrogen-bond acceptors (Lipinski definition) is 5. The molecule has 19 heavy (non-hydrogen) atoms. The molecule has 5 heteroatoms. The monoisotopic (exact) mass is 260 g/mol. The molecule has 0 aliphatic rings. The molecule has 102 valence electrons. The summed E-state index contributed by atoms with van der Waals surface area (Å²) in [7, 11) is 0. The van der Waals surface area contributed by atoms with Crippen LogP contribution < -0.4 is 10.6 Å². The minimum Gasteiger partial charge on any atom is -0.398 e. The van der Waals surface area contributed by atoms with E-state index >= 15 is 0 Å². The van der Waals surface area contributed by atoms with Crippen LogP contribution in [-0.4, -0.2) is 23.2 Å². The molecular weight excluding hydrogens is 240 g/mol. The van der Waals surface area contributed by atoms with Gasteiger partial charge < -0.3 is 15.2 Å². The number of anilines is 2. The van der Waals surface area contributed by atoms with Crippen LogP contribution >= 0.6 is 0 Å². The minimum atomic E-state index is 0.478. The first-order valence-electron chi connectivity index (χ1n) is 6.52. The maximum absolute atomic E-state index is 6.09. The van der Waals surface area contributed by atoms with Gasteiger partial charge in [-0.15, -0.1) is 0 Å². The summed E-state index contributed by atoms with van der Waals surface area (Å²) >= 11 is 0. The second-order valence-electron chi connectivity index (χ2n) is 4.61. The molecule has 1 aromatic carbocycles. The summed E-state index contributed by atoms with van der Waals surface area (Å²) in [4.78, 5) is 6.47. The number of aryl methyl sites for hydroxylation is 2. The van der Waals surface area contributed by atoms with Gasteiger partial charge in [-0.3, -0.25) is 0 Å². The minimum absolute atomic E-state index is 0.478. The smallest absolute Gasteiger partial charge is 0.266 e. The van der Waals surface area contributed by atoms with Crippen LogP contribution in [0.15, 0.2) is 16.7 Å². The Morgan fingerprint density at radius 2 is 1.89 bits per heavy atom. The van der Waals surface area contributed by atoms with Gasteiger partial charge in [0.1, 0.15) is 0 Å². The maximum Gasteiger partial charge on any atom is 0.266 e. The molecule has 0 aliphatic heterocycles. The van der Waals surface area contributed by atoms with Crippen LogP contribution in [0.5, 0.6) is 0 Å². The number of rotatable bonds is 4. The quantitative estimate of drug-likeness (QED) is 0.856. The number of nitrogens with two attached hydrogens (primary N) is 1. The van der Waals surface area contributed by atoms with Crippen molar-refractivity contribution >= 4 is 11.6 Å². The molecule has 5 nitrogen and oxygen atoms in total. The lowest BCUT2D eigenvalue weighted by Crippen LogP contribution is -2.22. The second-order valence-corrected chi connectivity index (χ2v) is 4.61. The normalized spacial score (nSPS) is 10.7. The molecule has 0 atom stereocenters. The van der Waals surface area contributed by atoms with Gasteiger partial charge in [0, 0.05) is 18.8 Å². The van der Waals surface area contributed by atoms with Crippen LogP contribution in [0.4, 0.5) is 11.6 Å². The van der Waals surface area contributed by atoms with Crippen molar-refractivity contribution in [1.29, 1.82) is 0 Å². The molecule has 2 N–H and O–H groups in total. The number of benzene rings is 1. The summed E-state index contributed by atoms with van der Waals surface area (Å²) < 4.78 is 5.34. The van der Waals surface area contributed by atoms with Gasteiger partial charge in [0.15, 0.2) is 0 Å². The Morgan fingerprint density at radius 3 is 2.53 bits per heavy atom. The average Bonchev–Trinajstić information content (AvgIpc) is 2.85. The molecule has 1 heterocycles. The third-order valence-electron chi connectivity index (χ3n) is 3.22. The van der Waals surface area contributed by atoms with Crippen molar-refractivity contribution in [2.75, 3.05) is 23.7 Å². The van der Waals surface area contributed by atoms with E-state index in [1.54, 1.807) is 0 Å². The van der Waals surface area contributed by atoms with E-state index in [9.17, 15) is 0 Å². The maximum atomic E-state index is 6.09. The Labute approximate surface area is 113 Å². The summed E-state index contributed by atoms with van der Waals surface area (Å²) in [6.07, 6.45) is 0. The van der Waals surface area contributed by atoms with Crippen molar-refractivity contribution in [3.63, 3.8) is 0 Å². The zero-order valence-corrected chi connectivity index (χ0v) is 11.9. The van der Waals surface area contributed by atoms with Crippen LogP contribution in [0.1, 0.15) is 25.0 Å². The molecule has 0 radical (unpaired) electrons. The molecule has 1 aromatic heterocycles. The van der Waals surface area contributed by atoms with Crippen molar-refractivity contribution in [2.24, 2.45) is 0 Å². The molecular formula is C14H20N4O. The van der Waals surface area contributed by atoms with Crippen LogP contribution in [0.2, 0.25) is 0 Å². The standard InChI is InChI=1S/C14H20N4O/c1-5-18(6-2)14-16-13(19-17-14)11-8-9(3)7-10(4)12(11)15/h7-8H,5-6,15H2,1-4H3. The molecule has 0 saturated carbocycles. The van der Waals surface area contributed by atoms with E-state index < -0.39 is 0 Å². The van der Waals surface area contributed by atoms with E-state index in [1.807, 2.05) is 30.9 Å². The zero-order valence-electron chi connectivity index (χ0n) is 11.9. The number of aromatic nitrogens is 2. The number of hydrogen-bond donors (Lipinski definition) is 1. The van der Waals surface area contributed by atoms with Crippen molar-refractivity contribution in [2.45, 2.75) is 27.7 Å². The summed E-state index contributed by atoms with van der Waals surface area (Å²) in [5.41, 5.74) is 9.75. The molecule has 0 amide bonds. The highest BCUT2D eigenvalue weighted by molar-refractivity contribution is 5.74. The highest BCUT2D eigenvalue weighted by Crippen LogP contribution is 2.29. The van der Waals surface area contributed by atoms with Gasteiger partial charge in [-0.25, -0.2) is 0 Å². The zero-order chi connectivity index (χ0) is 14.0. The fourth-order valence-corrected chi connectivity index (χ4v) is 2.12. The van der Waals surface area contributed by atoms with Crippen molar-refractivity contribution in [3.05, 3.63) is 23.3 Å². The third kappa shape index (κ3) is 2.54. The molecule has 0 aliphatic carbocycles. The summed E-state index contributed by atoms with van der Waals surface area (Å²) in [5.74, 6) is 1.09. The van der Waals surface area contributed by atoms with Gasteiger partial charge in [0.2, 0.25) is 0 Å². The van der Waals surface area contributed by atoms with Gasteiger partial charge in [-0.1, -0.05) is 6.07 Å². The van der Waals surface area contributed by atoms with Crippen molar-refractivity contribution < 1.29 is 4.52 Å². The third-order valence-corrected chi connectivity index (χ3v) is 3.22. The molecule has 0 bridgehead atoms. The highest BCUT2D eigenvalue weighted by atomic mass is 16.5. The van der Waals surface area contributed by atoms with Crippen LogP contribution in [0.3, 0.4) is 0 Å². The van der Waals surface area contributed by atoms with Gasteiger partial charge in [0.25, 0.3) is 11.8 Å². The molecule has 2 rings (SSSR count).